The molecule has 84 valence electrons. The van der Waals surface area contributed by atoms with E-state index in [9.17, 15) is 10.4 Å². The Bertz CT molecular complexity index is 484. The van der Waals surface area contributed by atoms with E-state index in [-0.39, 0.29) is 5.82 Å². The highest BCUT2D eigenvalue weighted by atomic mass is 16.5. The van der Waals surface area contributed by atoms with E-state index in [2.05, 4.69) is 0 Å². The van der Waals surface area contributed by atoms with E-state index < -0.39 is 0 Å². The number of hydrogen-bond acceptors (Lipinski definition) is 3. The molecule has 0 saturated carbocycles. The number of imidazole rings is 1. The number of aromatic nitrogens is 2. The van der Waals surface area contributed by atoms with Crippen molar-refractivity contribution in [3.63, 3.8) is 0 Å². The standard InChI is InChI=1S/C11H12N2O3/c14-12-8-4-1-2-5-9(8)13(15)11(12)10-6-3-7-16-10/h3,6-7,14H,1-2,4-5H2. The molecule has 16 heavy (non-hydrogen) atoms. The minimum atomic E-state index is 0.178. The van der Waals surface area contributed by atoms with Crippen LogP contribution in [-0.4, -0.2) is 9.94 Å². The molecule has 1 N–H and O–H groups in total. The number of hydrogen-bond donors (Lipinski definition) is 1. The van der Waals surface area contributed by atoms with Crippen LogP contribution < -0.4 is 4.73 Å². The van der Waals surface area contributed by atoms with Crippen molar-refractivity contribution < 1.29 is 14.4 Å². The van der Waals surface area contributed by atoms with Crippen LogP contribution >= 0.6 is 0 Å². The van der Waals surface area contributed by atoms with Gasteiger partial charge in [0.25, 0.3) is 0 Å². The molecule has 0 bridgehead atoms. The van der Waals surface area contributed by atoms with Crippen LogP contribution in [0.2, 0.25) is 0 Å². The fraction of sp³-hybridized carbons (Fsp3) is 0.364. The van der Waals surface area contributed by atoms with Gasteiger partial charge in [-0.1, -0.05) is 0 Å². The second-order valence-corrected chi connectivity index (χ2v) is 4.01. The molecule has 0 fully saturated rings. The third-order valence-corrected chi connectivity index (χ3v) is 3.05. The molecular weight excluding hydrogens is 208 g/mol. The van der Waals surface area contributed by atoms with Crippen LogP contribution in [-0.2, 0) is 12.8 Å². The fourth-order valence-electron chi connectivity index (χ4n) is 2.27. The van der Waals surface area contributed by atoms with Crippen LogP contribution in [0.5, 0.6) is 0 Å². The maximum absolute atomic E-state index is 12.0. The van der Waals surface area contributed by atoms with Crippen molar-refractivity contribution in [2.45, 2.75) is 25.7 Å². The molecule has 1 aliphatic carbocycles. The van der Waals surface area contributed by atoms with Gasteiger partial charge in [0.2, 0.25) is 5.76 Å². The van der Waals surface area contributed by atoms with Crippen molar-refractivity contribution in [2.24, 2.45) is 0 Å². The van der Waals surface area contributed by atoms with Crippen LogP contribution in [0.1, 0.15) is 24.2 Å². The van der Waals surface area contributed by atoms with E-state index in [1.807, 2.05) is 0 Å². The molecule has 0 spiro atoms. The van der Waals surface area contributed by atoms with Gasteiger partial charge in [-0.15, -0.1) is 0 Å². The second-order valence-electron chi connectivity index (χ2n) is 4.01. The Hall–Kier alpha value is -1.91. The van der Waals surface area contributed by atoms with Crippen LogP contribution in [0, 0.1) is 5.21 Å². The van der Waals surface area contributed by atoms with Gasteiger partial charge < -0.3 is 14.8 Å². The SMILES string of the molecule is [O-][n+]1c2c(n(O)c1-c1ccco1)CCCC2. The summed E-state index contributed by atoms with van der Waals surface area (Å²) in [4.78, 5) is 0. The third kappa shape index (κ3) is 1.14. The first-order chi connectivity index (χ1) is 7.79. The van der Waals surface area contributed by atoms with Crippen LogP contribution in [0.15, 0.2) is 22.8 Å². The number of fused-ring (bicyclic) bond motifs is 1. The van der Waals surface area contributed by atoms with Gasteiger partial charge >= 0.3 is 5.82 Å². The van der Waals surface area contributed by atoms with E-state index in [4.69, 9.17) is 4.42 Å². The predicted octanol–water partition coefficient (Wildman–Crippen LogP) is 1.50. The summed E-state index contributed by atoms with van der Waals surface area (Å²) in [5.41, 5.74) is 1.38. The lowest BCUT2D eigenvalue weighted by Crippen LogP contribution is -2.32. The summed E-state index contributed by atoms with van der Waals surface area (Å²) in [5, 5.41) is 22.0. The first-order valence-corrected chi connectivity index (χ1v) is 5.38. The van der Waals surface area contributed by atoms with Gasteiger partial charge in [-0.2, -0.15) is 0 Å². The van der Waals surface area contributed by atoms with E-state index in [1.54, 1.807) is 12.1 Å². The summed E-state index contributed by atoms with van der Waals surface area (Å²) in [7, 11) is 0. The fourth-order valence-corrected chi connectivity index (χ4v) is 2.27. The van der Waals surface area contributed by atoms with Gasteiger partial charge in [0.05, 0.1) is 6.26 Å². The lowest BCUT2D eigenvalue weighted by molar-refractivity contribution is -0.603. The largest absolute Gasteiger partial charge is 0.710 e. The van der Waals surface area contributed by atoms with Crippen LogP contribution in [0.4, 0.5) is 0 Å². The van der Waals surface area contributed by atoms with Crippen LogP contribution in [0.25, 0.3) is 11.6 Å². The summed E-state index contributed by atoms with van der Waals surface area (Å²) in [6, 6.07) is 3.36. The molecule has 0 aliphatic heterocycles. The molecule has 0 radical (unpaired) electrons. The monoisotopic (exact) mass is 220 g/mol. The highest BCUT2D eigenvalue weighted by molar-refractivity contribution is 5.44. The maximum Gasteiger partial charge on any atom is 0.367 e. The molecule has 0 aromatic carbocycles. The molecule has 2 heterocycles. The van der Waals surface area contributed by atoms with Gasteiger partial charge in [-0.25, -0.2) is 4.73 Å². The Morgan fingerprint density at radius 2 is 2.19 bits per heavy atom. The average Bonchev–Trinajstić information content (AvgIpc) is 2.89. The van der Waals surface area contributed by atoms with Gasteiger partial charge in [0.1, 0.15) is 0 Å². The molecule has 0 amide bonds. The zero-order chi connectivity index (χ0) is 11.1. The highest BCUT2D eigenvalue weighted by Crippen LogP contribution is 2.25. The summed E-state index contributed by atoms with van der Waals surface area (Å²) in [6.45, 7) is 0. The Morgan fingerprint density at radius 3 is 2.88 bits per heavy atom. The minimum absolute atomic E-state index is 0.178. The van der Waals surface area contributed by atoms with Crippen molar-refractivity contribution in [1.29, 1.82) is 0 Å². The van der Waals surface area contributed by atoms with Gasteiger partial charge in [0.15, 0.2) is 11.4 Å². The van der Waals surface area contributed by atoms with Gasteiger partial charge in [-0.05, 0) is 29.7 Å². The molecule has 0 saturated heterocycles. The highest BCUT2D eigenvalue weighted by Gasteiger charge is 2.31. The maximum atomic E-state index is 12.0. The molecule has 0 atom stereocenters. The smallest absolute Gasteiger partial charge is 0.367 e. The molecule has 3 rings (SSSR count). The predicted molar refractivity (Wildman–Crippen MR) is 54.9 cm³/mol. The van der Waals surface area contributed by atoms with Crippen molar-refractivity contribution >= 4 is 0 Å². The molecule has 2 aromatic heterocycles. The van der Waals surface area contributed by atoms with Crippen LogP contribution in [0.3, 0.4) is 0 Å². The Labute approximate surface area is 92.1 Å². The molecular formula is C11H12N2O3. The number of rotatable bonds is 1. The average molecular weight is 220 g/mol. The second kappa shape index (κ2) is 3.30. The number of nitrogens with zero attached hydrogens (tertiary/aromatic N) is 2. The first-order valence-electron chi connectivity index (χ1n) is 5.38. The van der Waals surface area contributed by atoms with Crippen molar-refractivity contribution in [1.82, 2.24) is 4.73 Å². The minimum Gasteiger partial charge on any atom is -0.710 e. The molecule has 5 nitrogen and oxygen atoms in total. The van der Waals surface area contributed by atoms with E-state index >= 15 is 0 Å². The van der Waals surface area contributed by atoms with Gasteiger partial charge in [-0.3, -0.25) is 0 Å². The summed E-state index contributed by atoms with van der Waals surface area (Å²) in [6.07, 6.45) is 4.96. The van der Waals surface area contributed by atoms with E-state index in [0.29, 0.717) is 17.1 Å². The Morgan fingerprint density at radius 1 is 1.38 bits per heavy atom. The first kappa shape index (κ1) is 9.33. The Balaban J connectivity index is 2.22. The normalized spacial score (nSPS) is 15.0. The molecule has 5 heteroatoms. The Kier molecular flexibility index (Phi) is 1.92. The molecule has 2 aromatic rings. The summed E-state index contributed by atoms with van der Waals surface area (Å²) < 4.78 is 6.91. The summed E-state index contributed by atoms with van der Waals surface area (Å²) >= 11 is 0. The zero-order valence-electron chi connectivity index (χ0n) is 8.72. The topological polar surface area (TPSA) is 65.2 Å². The van der Waals surface area contributed by atoms with Crippen molar-refractivity contribution in [3.8, 4) is 11.6 Å². The van der Waals surface area contributed by atoms with Gasteiger partial charge in [0, 0.05) is 12.8 Å². The molecule has 0 unspecified atom stereocenters. The lowest BCUT2D eigenvalue weighted by atomic mass is 10.0. The summed E-state index contributed by atoms with van der Waals surface area (Å²) in [5.74, 6) is 0.573. The zero-order valence-corrected chi connectivity index (χ0v) is 8.72. The lowest BCUT2D eigenvalue weighted by Gasteiger charge is -2.08. The van der Waals surface area contributed by atoms with E-state index in [0.717, 1.165) is 35.1 Å². The number of furan rings is 1. The quantitative estimate of drug-likeness (QED) is 0.450. The van der Waals surface area contributed by atoms with E-state index in [1.165, 1.54) is 6.26 Å². The third-order valence-electron chi connectivity index (χ3n) is 3.05. The van der Waals surface area contributed by atoms with Crippen molar-refractivity contribution in [2.75, 3.05) is 0 Å². The molecule has 1 aliphatic rings. The van der Waals surface area contributed by atoms with Crippen molar-refractivity contribution in [3.05, 3.63) is 35.0 Å².